The van der Waals surface area contributed by atoms with Gasteiger partial charge in [0.25, 0.3) is 0 Å². The Kier molecular flexibility index (Phi) is 4.39. The zero-order chi connectivity index (χ0) is 14.2. The second kappa shape index (κ2) is 5.55. The molecule has 1 aliphatic rings. The molecule has 2 N–H and O–H groups in total. The molecule has 2 rings (SSSR count). The van der Waals surface area contributed by atoms with Crippen molar-refractivity contribution in [3.05, 3.63) is 33.7 Å². The molecule has 1 aromatic rings. The zero-order valence-electron chi connectivity index (χ0n) is 10.1. The van der Waals surface area contributed by atoms with Gasteiger partial charge in [0.2, 0.25) is 10.0 Å². The van der Waals surface area contributed by atoms with Crippen LogP contribution < -0.4 is 5.73 Å². The van der Waals surface area contributed by atoms with Crippen LogP contribution in [0.15, 0.2) is 38.6 Å². The molecule has 1 fully saturated rings. The van der Waals surface area contributed by atoms with Crippen LogP contribution in [-0.2, 0) is 10.0 Å². The van der Waals surface area contributed by atoms with E-state index in [9.17, 15) is 8.42 Å². The van der Waals surface area contributed by atoms with Crippen molar-refractivity contribution in [3.8, 4) is 0 Å². The van der Waals surface area contributed by atoms with Gasteiger partial charge in [0.1, 0.15) is 4.90 Å². The molecule has 7 heteroatoms. The van der Waals surface area contributed by atoms with Crippen LogP contribution in [-0.4, -0.2) is 25.3 Å². The highest BCUT2D eigenvalue weighted by atomic mass is 79.9. The number of halogens is 2. The van der Waals surface area contributed by atoms with Crippen molar-refractivity contribution in [1.82, 2.24) is 4.31 Å². The highest BCUT2D eigenvalue weighted by molar-refractivity contribution is 9.11. The smallest absolute Gasteiger partial charge is 0.246 e. The molecule has 4 nitrogen and oxygen atoms in total. The molecule has 0 spiro atoms. The molecule has 1 aliphatic carbocycles. The summed E-state index contributed by atoms with van der Waals surface area (Å²) in [7, 11) is -3.61. The lowest BCUT2D eigenvalue weighted by molar-refractivity contribution is 0.436. The highest BCUT2D eigenvalue weighted by Crippen LogP contribution is 2.38. The Labute approximate surface area is 130 Å². The summed E-state index contributed by atoms with van der Waals surface area (Å²) >= 11 is 6.57. The van der Waals surface area contributed by atoms with Gasteiger partial charge in [-0.3, -0.25) is 0 Å². The fraction of sp³-hybridized carbons (Fsp3) is 0.333. The number of hydrogen-bond acceptors (Lipinski definition) is 3. The first-order valence-corrected chi connectivity index (χ1v) is 8.77. The molecule has 1 aromatic carbocycles. The molecular weight excluding hydrogens is 396 g/mol. The quantitative estimate of drug-likeness (QED) is 0.600. The van der Waals surface area contributed by atoms with Crippen molar-refractivity contribution < 1.29 is 8.42 Å². The number of anilines is 1. The van der Waals surface area contributed by atoms with Crippen LogP contribution in [0.3, 0.4) is 0 Å². The molecule has 0 atom stereocenters. The van der Waals surface area contributed by atoms with Gasteiger partial charge < -0.3 is 5.73 Å². The van der Waals surface area contributed by atoms with E-state index in [4.69, 9.17) is 5.73 Å². The Morgan fingerprint density at radius 2 is 2.05 bits per heavy atom. The summed E-state index contributed by atoms with van der Waals surface area (Å²) < 4.78 is 28.1. The summed E-state index contributed by atoms with van der Waals surface area (Å²) in [4.78, 5) is 0.129. The van der Waals surface area contributed by atoms with Crippen LogP contribution in [0.4, 0.5) is 5.69 Å². The Bertz CT molecular complexity index is 589. The van der Waals surface area contributed by atoms with Crippen LogP contribution in [0.1, 0.15) is 12.8 Å². The number of hydrogen-bond donors (Lipinski definition) is 1. The van der Waals surface area contributed by atoms with Crippen molar-refractivity contribution in [2.24, 2.45) is 0 Å². The van der Waals surface area contributed by atoms with Crippen LogP contribution in [0.5, 0.6) is 0 Å². The van der Waals surface area contributed by atoms with Crippen molar-refractivity contribution in [3.63, 3.8) is 0 Å². The third-order valence-electron chi connectivity index (χ3n) is 2.87. The molecule has 0 heterocycles. The molecule has 0 aromatic heterocycles. The van der Waals surface area contributed by atoms with Gasteiger partial charge in [0.15, 0.2) is 0 Å². The molecular formula is C12H14Br2N2O2S. The largest absolute Gasteiger partial charge is 0.398 e. The summed E-state index contributed by atoms with van der Waals surface area (Å²) in [5.74, 6) is 0. The minimum Gasteiger partial charge on any atom is -0.398 e. The van der Waals surface area contributed by atoms with Crippen molar-refractivity contribution in [2.75, 3.05) is 12.3 Å². The molecule has 0 unspecified atom stereocenters. The van der Waals surface area contributed by atoms with E-state index >= 15 is 0 Å². The zero-order valence-corrected chi connectivity index (χ0v) is 14.1. The summed E-state index contributed by atoms with van der Waals surface area (Å²) in [5, 5.41) is 0. The van der Waals surface area contributed by atoms with Gasteiger partial charge in [0.05, 0.1) is 5.69 Å². The van der Waals surface area contributed by atoms with Crippen molar-refractivity contribution in [1.29, 1.82) is 0 Å². The van der Waals surface area contributed by atoms with Crippen LogP contribution in [0.2, 0.25) is 0 Å². The van der Waals surface area contributed by atoms with E-state index in [1.165, 1.54) is 4.31 Å². The van der Waals surface area contributed by atoms with E-state index in [0.717, 1.165) is 17.3 Å². The first-order chi connectivity index (χ1) is 8.87. The lowest BCUT2D eigenvalue weighted by atomic mass is 10.3. The Morgan fingerprint density at radius 1 is 1.42 bits per heavy atom. The number of rotatable bonds is 5. The maximum Gasteiger partial charge on any atom is 0.246 e. The molecule has 0 bridgehead atoms. The van der Waals surface area contributed by atoms with E-state index in [-0.39, 0.29) is 16.6 Å². The van der Waals surface area contributed by atoms with Gasteiger partial charge in [-0.25, -0.2) is 8.42 Å². The maximum atomic E-state index is 12.7. The molecule has 0 radical (unpaired) electrons. The van der Waals surface area contributed by atoms with Crippen molar-refractivity contribution >= 4 is 47.6 Å². The van der Waals surface area contributed by atoms with Gasteiger partial charge in [0, 0.05) is 21.5 Å². The SMILES string of the molecule is C=CCN(C1CC1)S(=O)(=O)c1c(N)cc(Br)cc1Br. The summed E-state index contributed by atoms with van der Waals surface area (Å²) in [6.07, 6.45) is 3.38. The fourth-order valence-electron chi connectivity index (χ4n) is 1.90. The number of nitrogens with two attached hydrogens (primary N) is 1. The first kappa shape index (κ1) is 15.0. The Hall–Kier alpha value is -0.370. The van der Waals surface area contributed by atoms with Gasteiger partial charge in [-0.05, 0) is 40.9 Å². The molecule has 1 saturated carbocycles. The number of sulfonamides is 1. The summed E-state index contributed by atoms with van der Waals surface area (Å²) in [6, 6.07) is 3.34. The Morgan fingerprint density at radius 3 is 2.53 bits per heavy atom. The van der Waals surface area contributed by atoms with Crippen LogP contribution in [0, 0.1) is 0 Å². The van der Waals surface area contributed by atoms with Gasteiger partial charge in [-0.1, -0.05) is 22.0 Å². The van der Waals surface area contributed by atoms with E-state index in [0.29, 0.717) is 11.0 Å². The predicted octanol–water partition coefficient (Wildman–Crippen LogP) is 3.13. The standard InChI is InChI=1S/C12H14Br2N2O2S/c1-2-5-16(9-3-4-9)19(17,18)12-10(14)6-8(13)7-11(12)15/h2,6-7,9H,1,3-5,15H2. The number of nitrogens with zero attached hydrogens (tertiary/aromatic N) is 1. The summed E-state index contributed by atoms with van der Waals surface area (Å²) in [6.45, 7) is 3.92. The molecule has 104 valence electrons. The minimum atomic E-state index is -3.61. The maximum absolute atomic E-state index is 12.7. The fourth-order valence-corrected chi connectivity index (χ4v) is 5.58. The van der Waals surface area contributed by atoms with E-state index < -0.39 is 10.0 Å². The van der Waals surface area contributed by atoms with Crippen LogP contribution >= 0.6 is 31.9 Å². The summed E-state index contributed by atoms with van der Waals surface area (Å²) in [5.41, 5.74) is 6.10. The van der Waals surface area contributed by atoms with E-state index in [2.05, 4.69) is 38.4 Å². The van der Waals surface area contributed by atoms with Gasteiger partial charge in [-0.15, -0.1) is 6.58 Å². The highest BCUT2D eigenvalue weighted by Gasteiger charge is 2.39. The average Bonchev–Trinajstić information content (AvgIpc) is 3.07. The minimum absolute atomic E-state index is 0.0675. The molecule has 0 amide bonds. The third kappa shape index (κ3) is 3.04. The van der Waals surface area contributed by atoms with E-state index in [1.807, 2.05) is 0 Å². The van der Waals surface area contributed by atoms with Gasteiger partial charge >= 0.3 is 0 Å². The van der Waals surface area contributed by atoms with E-state index in [1.54, 1.807) is 18.2 Å². The van der Waals surface area contributed by atoms with Crippen LogP contribution in [0.25, 0.3) is 0 Å². The normalized spacial score (nSPS) is 15.7. The number of benzene rings is 1. The topological polar surface area (TPSA) is 63.4 Å². The predicted molar refractivity (Wildman–Crippen MR) is 83.4 cm³/mol. The Balaban J connectivity index is 2.52. The first-order valence-electron chi connectivity index (χ1n) is 5.75. The average molecular weight is 410 g/mol. The molecule has 0 saturated heterocycles. The monoisotopic (exact) mass is 408 g/mol. The lowest BCUT2D eigenvalue weighted by Gasteiger charge is -2.22. The van der Waals surface area contributed by atoms with Gasteiger partial charge in [-0.2, -0.15) is 4.31 Å². The lowest BCUT2D eigenvalue weighted by Crippen LogP contribution is -2.34. The number of nitrogen functional groups attached to an aromatic ring is 1. The molecule has 0 aliphatic heterocycles. The molecule has 19 heavy (non-hydrogen) atoms. The van der Waals surface area contributed by atoms with Crippen molar-refractivity contribution in [2.45, 2.75) is 23.8 Å². The second-order valence-electron chi connectivity index (χ2n) is 4.40. The third-order valence-corrected chi connectivity index (χ3v) is 6.25. The second-order valence-corrected chi connectivity index (χ2v) is 8.00.